The zero-order valence-electron chi connectivity index (χ0n) is 20.1. The van der Waals surface area contributed by atoms with Crippen molar-refractivity contribution in [2.75, 3.05) is 60.5 Å². The maximum Gasteiger partial charge on any atom is 0.217 e. The lowest BCUT2D eigenvalue weighted by molar-refractivity contribution is -0.0659. The highest BCUT2D eigenvalue weighted by Gasteiger charge is 2.48. The highest BCUT2D eigenvalue weighted by atomic mass is 32.2. The molecule has 0 spiro atoms. The van der Waals surface area contributed by atoms with Crippen LogP contribution in [0.1, 0.15) is 25.7 Å². The Labute approximate surface area is 197 Å². The molecular formula is C21H41N7O4S. The minimum absolute atomic E-state index is 0.108. The van der Waals surface area contributed by atoms with Crippen LogP contribution in [0.4, 0.5) is 0 Å². The normalized spacial score (nSPS) is 41.8. The van der Waals surface area contributed by atoms with Crippen molar-refractivity contribution in [1.29, 1.82) is 0 Å². The molecule has 4 heterocycles. The van der Waals surface area contributed by atoms with Gasteiger partial charge in [0.15, 0.2) is 0 Å². The van der Waals surface area contributed by atoms with Crippen LogP contribution in [0.2, 0.25) is 0 Å². The van der Waals surface area contributed by atoms with Crippen LogP contribution in [0.3, 0.4) is 0 Å². The van der Waals surface area contributed by atoms with E-state index in [1.165, 1.54) is 0 Å². The number of rotatable bonds is 7. The summed E-state index contributed by atoms with van der Waals surface area (Å²) in [6.45, 7) is 4.74. The summed E-state index contributed by atoms with van der Waals surface area (Å²) in [6, 6.07) is 0.382. The van der Waals surface area contributed by atoms with Gasteiger partial charge in [-0.15, -0.1) is 0 Å². The van der Waals surface area contributed by atoms with Gasteiger partial charge in [0, 0.05) is 66.1 Å². The molecule has 5 fully saturated rings. The van der Waals surface area contributed by atoms with Crippen LogP contribution in [-0.2, 0) is 19.5 Å². The van der Waals surface area contributed by atoms with Gasteiger partial charge in [-0.3, -0.25) is 15.8 Å². The predicted octanol–water partition coefficient (Wildman–Crippen LogP) is -1.88. The van der Waals surface area contributed by atoms with Crippen molar-refractivity contribution in [3.63, 3.8) is 0 Å². The molecule has 190 valence electrons. The molecule has 4 N–H and O–H groups in total. The van der Waals surface area contributed by atoms with E-state index >= 15 is 0 Å². The minimum Gasteiger partial charge on any atom is -0.380 e. The molecule has 7 unspecified atom stereocenters. The molecule has 0 bridgehead atoms. The van der Waals surface area contributed by atoms with E-state index in [0.717, 1.165) is 51.9 Å². The first kappa shape index (κ1) is 24.3. The highest BCUT2D eigenvalue weighted by Crippen LogP contribution is 2.33. The molecule has 0 aromatic carbocycles. The lowest BCUT2D eigenvalue weighted by Crippen LogP contribution is -2.62. The van der Waals surface area contributed by atoms with E-state index in [-0.39, 0.29) is 24.4 Å². The van der Waals surface area contributed by atoms with Crippen molar-refractivity contribution >= 4 is 10.0 Å². The van der Waals surface area contributed by atoms with Gasteiger partial charge in [0.2, 0.25) is 10.0 Å². The number of hydrogen-bond acceptors (Lipinski definition) is 10. The van der Waals surface area contributed by atoms with Gasteiger partial charge in [0.25, 0.3) is 0 Å². The maximum absolute atomic E-state index is 13.5. The fraction of sp³-hybridized carbons (Fsp3) is 1.00. The number of piperidine rings is 1. The summed E-state index contributed by atoms with van der Waals surface area (Å²) in [7, 11) is 1.95. The van der Waals surface area contributed by atoms with Gasteiger partial charge >= 0.3 is 0 Å². The minimum atomic E-state index is -3.51. The third kappa shape index (κ3) is 4.84. The number of sulfonamides is 1. The molecule has 4 aliphatic heterocycles. The Morgan fingerprint density at radius 3 is 2.58 bits per heavy atom. The number of fused-ring (bicyclic) bond motifs is 1. The van der Waals surface area contributed by atoms with Crippen LogP contribution in [-0.4, -0.2) is 126 Å². The average molecular weight is 488 g/mol. The first-order chi connectivity index (χ1) is 15.9. The number of ether oxygens (including phenoxy) is 2. The maximum atomic E-state index is 13.5. The number of likely N-dealkylation sites (tertiary alicyclic amines) is 1. The molecule has 0 amide bonds. The van der Waals surface area contributed by atoms with Crippen molar-refractivity contribution in [3.8, 4) is 0 Å². The fourth-order valence-corrected chi connectivity index (χ4v) is 7.97. The van der Waals surface area contributed by atoms with Gasteiger partial charge in [0.1, 0.15) is 5.25 Å². The Morgan fingerprint density at radius 1 is 1.00 bits per heavy atom. The van der Waals surface area contributed by atoms with E-state index in [4.69, 9.17) is 9.47 Å². The second kappa shape index (κ2) is 9.92. The van der Waals surface area contributed by atoms with E-state index < -0.39 is 15.3 Å². The molecule has 5 rings (SSSR count). The Kier molecular flexibility index (Phi) is 7.30. The van der Waals surface area contributed by atoms with Crippen molar-refractivity contribution < 1.29 is 17.9 Å². The SMILES string of the molecule is COC1CN(C2CCNC(N3CC(S(=O)(=O)NC4C(OC)CCC5CNN(C)C54)CN3)C2)C1. The first-order valence-corrected chi connectivity index (χ1v) is 13.9. The van der Waals surface area contributed by atoms with Crippen molar-refractivity contribution in [2.24, 2.45) is 5.92 Å². The van der Waals surface area contributed by atoms with E-state index in [0.29, 0.717) is 31.2 Å². The monoisotopic (exact) mass is 487 g/mol. The number of likely N-dealkylation sites (N-methyl/N-ethyl adjacent to an activating group) is 1. The first-order valence-electron chi connectivity index (χ1n) is 12.4. The second-order valence-corrected chi connectivity index (χ2v) is 12.4. The molecule has 5 aliphatic rings. The van der Waals surface area contributed by atoms with Crippen LogP contribution >= 0.6 is 0 Å². The second-order valence-electron chi connectivity index (χ2n) is 10.4. The number of nitrogens with one attached hydrogen (secondary N) is 4. The predicted molar refractivity (Wildman–Crippen MR) is 125 cm³/mol. The lowest BCUT2D eigenvalue weighted by Gasteiger charge is -2.47. The summed E-state index contributed by atoms with van der Waals surface area (Å²) in [5.41, 5.74) is 6.74. The summed E-state index contributed by atoms with van der Waals surface area (Å²) in [6.07, 6.45) is 4.42. The van der Waals surface area contributed by atoms with Gasteiger partial charge in [-0.25, -0.2) is 23.2 Å². The zero-order valence-corrected chi connectivity index (χ0v) is 20.9. The number of hydrogen-bond donors (Lipinski definition) is 4. The molecule has 12 heteroatoms. The number of nitrogens with zero attached hydrogens (tertiary/aromatic N) is 3. The van der Waals surface area contributed by atoms with Gasteiger partial charge in [-0.05, 0) is 38.1 Å². The van der Waals surface area contributed by atoms with Crippen molar-refractivity contribution in [1.82, 2.24) is 35.8 Å². The Morgan fingerprint density at radius 2 is 1.82 bits per heavy atom. The van der Waals surface area contributed by atoms with Crippen LogP contribution in [0.5, 0.6) is 0 Å². The largest absolute Gasteiger partial charge is 0.380 e. The summed E-state index contributed by atoms with van der Waals surface area (Å²) in [5.74, 6) is 0.440. The molecular weight excluding hydrogens is 446 g/mol. The summed E-state index contributed by atoms with van der Waals surface area (Å²) in [5, 5.41) is 7.26. The van der Waals surface area contributed by atoms with Gasteiger partial charge in [-0.1, -0.05) is 0 Å². The Bertz CT molecular complexity index is 783. The molecule has 4 saturated heterocycles. The van der Waals surface area contributed by atoms with E-state index in [2.05, 4.69) is 35.8 Å². The molecule has 1 saturated carbocycles. The zero-order chi connectivity index (χ0) is 23.2. The standard InChI is InChI=1S/C21H41N7O4S/c1-26-21-14(9-23-26)4-5-18(32-3)20(21)25-33(29,30)17-10-24-28(13-17)19-8-15(6-7-22-19)27-11-16(12-27)31-2/h14-25H,4-13H2,1-3H3. The Hall–Kier alpha value is -0.410. The fourth-order valence-electron chi connectivity index (χ4n) is 6.46. The molecule has 1 aliphatic carbocycles. The van der Waals surface area contributed by atoms with E-state index in [1.807, 2.05) is 7.05 Å². The highest BCUT2D eigenvalue weighted by molar-refractivity contribution is 7.90. The topological polar surface area (TPSA) is 110 Å². The molecule has 0 aromatic rings. The summed E-state index contributed by atoms with van der Waals surface area (Å²) >= 11 is 0. The van der Waals surface area contributed by atoms with Gasteiger partial charge in [-0.2, -0.15) is 0 Å². The van der Waals surface area contributed by atoms with Crippen LogP contribution < -0.4 is 20.9 Å². The quantitative estimate of drug-likeness (QED) is 0.326. The third-order valence-electron chi connectivity index (χ3n) is 8.54. The van der Waals surface area contributed by atoms with E-state index in [1.54, 1.807) is 14.2 Å². The smallest absolute Gasteiger partial charge is 0.217 e. The molecule has 7 atom stereocenters. The van der Waals surface area contributed by atoms with Crippen molar-refractivity contribution in [3.05, 3.63) is 0 Å². The molecule has 11 nitrogen and oxygen atoms in total. The summed E-state index contributed by atoms with van der Waals surface area (Å²) in [4.78, 5) is 2.49. The molecule has 0 aromatic heterocycles. The molecule has 0 radical (unpaired) electrons. The van der Waals surface area contributed by atoms with Crippen LogP contribution in [0, 0.1) is 5.92 Å². The third-order valence-corrected chi connectivity index (χ3v) is 10.3. The summed E-state index contributed by atoms with van der Waals surface area (Å²) < 4.78 is 41.2. The van der Waals surface area contributed by atoms with Gasteiger partial charge in [0.05, 0.1) is 24.4 Å². The Balaban J connectivity index is 1.19. The van der Waals surface area contributed by atoms with Crippen LogP contribution in [0.15, 0.2) is 0 Å². The average Bonchev–Trinajstić information content (AvgIpc) is 3.42. The lowest BCUT2D eigenvalue weighted by atomic mass is 9.80. The van der Waals surface area contributed by atoms with Gasteiger partial charge < -0.3 is 14.8 Å². The number of methoxy groups -OCH3 is 2. The number of hydrazine groups is 2. The van der Waals surface area contributed by atoms with Crippen LogP contribution in [0.25, 0.3) is 0 Å². The molecule has 33 heavy (non-hydrogen) atoms. The van der Waals surface area contributed by atoms with Crippen molar-refractivity contribution in [2.45, 2.75) is 67.4 Å². The van der Waals surface area contributed by atoms with E-state index in [9.17, 15) is 8.42 Å².